The Morgan fingerprint density at radius 1 is 1.35 bits per heavy atom. The van der Waals surface area contributed by atoms with Gasteiger partial charge in [0.1, 0.15) is 5.75 Å². The number of benzene rings is 1. The third-order valence-electron chi connectivity index (χ3n) is 4.24. The van der Waals surface area contributed by atoms with Crippen LogP contribution in [0, 0.1) is 5.41 Å². The lowest BCUT2D eigenvalue weighted by Crippen LogP contribution is -2.39. The first-order valence-corrected chi connectivity index (χ1v) is 6.74. The minimum absolute atomic E-state index is 0.310. The quantitative estimate of drug-likeness (QED) is 0.897. The number of fused-ring (bicyclic) bond motifs is 1. The van der Waals surface area contributed by atoms with Crippen LogP contribution in [0.1, 0.15) is 30.4 Å². The SMILES string of the molecule is NCC1(Cc2cc(Cl)cc3c2OCC3)CCC1. The van der Waals surface area contributed by atoms with Gasteiger partial charge in [-0.2, -0.15) is 0 Å². The molecule has 0 unspecified atom stereocenters. The molecule has 1 aliphatic heterocycles. The fourth-order valence-corrected chi connectivity index (χ4v) is 3.27. The van der Waals surface area contributed by atoms with E-state index < -0.39 is 0 Å². The van der Waals surface area contributed by atoms with Crippen molar-refractivity contribution in [3.63, 3.8) is 0 Å². The Morgan fingerprint density at radius 2 is 2.18 bits per heavy atom. The van der Waals surface area contributed by atoms with Crippen LogP contribution >= 0.6 is 11.6 Å². The highest BCUT2D eigenvalue weighted by Crippen LogP contribution is 2.45. The normalized spacial score (nSPS) is 20.6. The number of nitrogens with two attached hydrogens (primary N) is 1. The Hall–Kier alpha value is -0.730. The van der Waals surface area contributed by atoms with Gasteiger partial charge in [-0.3, -0.25) is 0 Å². The van der Waals surface area contributed by atoms with Crippen molar-refractivity contribution < 1.29 is 4.74 Å². The van der Waals surface area contributed by atoms with Crippen LogP contribution in [0.25, 0.3) is 0 Å². The largest absolute Gasteiger partial charge is 0.493 e. The van der Waals surface area contributed by atoms with Crippen LogP contribution in [0.4, 0.5) is 0 Å². The van der Waals surface area contributed by atoms with Gasteiger partial charge in [0.2, 0.25) is 0 Å². The summed E-state index contributed by atoms with van der Waals surface area (Å²) in [5.41, 5.74) is 8.76. The van der Waals surface area contributed by atoms with Crippen molar-refractivity contribution in [1.29, 1.82) is 0 Å². The van der Waals surface area contributed by atoms with Gasteiger partial charge in [-0.15, -0.1) is 0 Å². The van der Waals surface area contributed by atoms with E-state index in [1.807, 2.05) is 6.07 Å². The molecule has 17 heavy (non-hydrogen) atoms. The van der Waals surface area contributed by atoms with Crippen LogP contribution in [0.3, 0.4) is 0 Å². The first-order valence-electron chi connectivity index (χ1n) is 6.37. The molecular weight excluding hydrogens is 234 g/mol. The molecule has 1 aromatic carbocycles. The van der Waals surface area contributed by atoms with Crippen molar-refractivity contribution >= 4 is 11.6 Å². The molecule has 0 atom stereocenters. The van der Waals surface area contributed by atoms with Crippen LogP contribution in [0.15, 0.2) is 12.1 Å². The van der Waals surface area contributed by atoms with Gasteiger partial charge in [0.15, 0.2) is 0 Å². The zero-order valence-electron chi connectivity index (χ0n) is 9.97. The molecular formula is C14H18ClNO. The van der Waals surface area contributed by atoms with Crippen LogP contribution in [-0.2, 0) is 12.8 Å². The molecule has 3 heteroatoms. The number of rotatable bonds is 3. The molecule has 2 nitrogen and oxygen atoms in total. The molecule has 1 fully saturated rings. The van der Waals surface area contributed by atoms with Crippen molar-refractivity contribution in [1.82, 2.24) is 0 Å². The zero-order chi connectivity index (χ0) is 11.9. The maximum absolute atomic E-state index is 6.17. The lowest BCUT2D eigenvalue weighted by Gasteiger charge is -2.41. The van der Waals surface area contributed by atoms with E-state index in [0.29, 0.717) is 5.41 Å². The van der Waals surface area contributed by atoms with Crippen molar-refractivity contribution in [2.24, 2.45) is 11.1 Å². The third kappa shape index (κ3) is 1.94. The Labute approximate surface area is 107 Å². The van der Waals surface area contributed by atoms with Gasteiger partial charge in [-0.05, 0) is 54.5 Å². The van der Waals surface area contributed by atoms with E-state index >= 15 is 0 Å². The van der Waals surface area contributed by atoms with E-state index in [0.717, 1.165) is 36.8 Å². The standard InChI is InChI=1S/C14H18ClNO/c15-12-6-10-2-5-17-13(10)11(7-12)8-14(9-16)3-1-4-14/h6-7H,1-5,8-9,16H2. The van der Waals surface area contributed by atoms with E-state index in [1.165, 1.54) is 30.4 Å². The van der Waals surface area contributed by atoms with E-state index in [2.05, 4.69) is 6.07 Å². The highest BCUT2D eigenvalue weighted by Gasteiger charge is 2.37. The van der Waals surface area contributed by atoms with Gasteiger partial charge in [-0.25, -0.2) is 0 Å². The molecule has 0 aromatic heterocycles. The van der Waals surface area contributed by atoms with Gasteiger partial charge >= 0.3 is 0 Å². The molecule has 1 aromatic rings. The van der Waals surface area contributed by atoms with Crippen molar-refractivity contribution in [2.45, 2.75) is 32.1 Å². The van der Waals surface area contributed by atoms with E-state index in [-0.39, 0.29) is 0 Å². The zero-order valence-corrected chi connectivity index (χ0v) is 10.7. The maximum Gasteiger partial charge on any atom is 0.125 e. The Kier molecular flexibility index (Phi) is 2.80. The van der Waals surface area contributed by atoms with Crippen molar-refractivity contribution in [2.75, 3.05) is 13.2 Å². The summed E-state index contributed by atoms with van der Waals surface area (Å²) in [5.74, 6) is 1.08. The van der Waals surface area contributed by atoms with E-state index in [9.17, 15) is 0 Å². The molecule has 2 N–H and O–H groups in total. The molecule has 1 aliphatic carbocycles. The van der Waals surface area contributed by atoms with Gasteiger partial charge < -0.3 is 10.5 Å². The summed E-state index contributed by atoms with van der Waals surface area (Å²) in [6.07, 6.45) is 5.79. The van der Waals surface area contributed by atoms with E-state index in [4.69, 9.17) is 22.1 Å². The van der Waals surface area contributed by atoms with Crippen LogP contribution < -0.4 is 10.5 Å². The summed E-state index contributed by atoms with van der Waals surface area (Å²) in [5, 5.41) is 0.829. The highest BCUT2D eigenvalue weighted by atomic mass is 35.5. The second-order valence-electron chi connectivity index (χ2n) is 5.39. The predicted octanol–water partition coefficient (Wildman–Crippen LogP) is 2.95. The predicted molar refractivity (Wildman–Crippen MR) is 69.7 cm³/mol. The summed E-state index contributed by atoms with van der Waals surface area (Å²) in [7, 11) is 0. The average Bonchev–Trinajstić information content (AvgIpc) is 2.71. The average molecular weight is 252 g/mol. The number of hydrogen-bond donors (Lipinski definition) is 1. The van der Waals surface area contributed by atoms with Gasteiger partial charge in [-0.1, -0.05) is 18.0 Å². The summed E-state index contributed by atoms with van der Waals surface area (Å²) in [6, 6.07) is 4.09. The summed E-state index contributed by atoms with van der Waals surface area (Å²) in [4.78, 5) is 0. The van der Waals surface area contributed by atoms with E-state index in [1.54, 1.807) is 0 Å². The Balaban J connectivity index is 1.92. The van der Waals surface area contributed by atoms with Gasteiger partial charge in [0, 0.05) is 11.4 Å². The van der Waals surface area contributed by atoms with Crippen molar-refractivity contribution in [3.05, 3.63) is 28.3 Å². The lowest BCUT2D eigenvalue weighted by atomic mass is 9.65. The van der Waals surface area contributed by atoms with Gasteiger partial charge in [0.25, 0.3) is 0 Å². The molecule has 92 valence electrons. The molecule has 0 saturated heterocycles. The first kappa shape index (κ1) is 11.4. The Bertz CT molecular complexity index is 435. The summed E-state index contributed by atoms with van der Waals surface area (Å²) >= 11 is 6.17. The smallest absolute Gasteiger partial charge is 0.125 e. The molecule has 2 aliphatic rings. The first-order chi connectivity index (χ1) is 8.22. The monoisotopic (exact) mass is 251 g/mol. The van der Waals surface area contributed by atoms with Crippen LogP contribution in [0.2, 0.25) is 5.02 Å². The molecule has 0 radical (unpaired) electrons. The van der Waals surface area contributed by atoms with Gasteiger partial charge in [0.05, 0.1) is 6.61 Å². The topological polar surface area (TPSA) is 35.2 Å². The highest BCUT2D eigenvalue weighted by molar-refractivity contribution is 6.30. The van der Waals surface area contributed by atoms with Crippen LogP contribution in [0.5, 0.6) is 5.75 Å². The minimum atomic E-state index is 0.310. The molecule has 0 bridgehead atoms. The molecule has 0 amide bonds. The number of hydrogen-bond acceptors (Lipinski definition) is 2. The number of halogens is 1. The molecule has 3 rings (SSSR count). The molecule has 1 saturated carbocycles. The van der Waals surface area contributed by atoms with Crippen LogP contribution in [-0.4, -0.2) is 13.2 Å². The Morgan fingerprint density at radius 3 is 2.82 bits per heavy atom. The third-order valence-corrected chi connectivity index (χ3v) is 4.46. The fraction of sp³-hybridized carbons (Fsp3) is 0.571. The maximum atomic E-state index is 6.17. The molecule has 0 spiro atoms. The minimum Gasteiger partial charge on any atom is -0.493 e. The lowest BCUT2D eigenvalue weighted by molar-refractivity contribution is 0.143. The van der Waals surface area contributed by atoms with Crippen molar-refractivity contribution in [3.8, 4) is 5.75 Å². The number of ether oxygens (including phenoxy) is 1. The second kappa shape index (κ2) is 4.18. The fourth-order valence-electron chi connectivity index (χ4n) is 3.01. The second-order valence-corrected chi connectivity index (χ2v) is 5.82. The molecule has 1 heterocycles. The summed E-state index contributed by atoms with van der Waals surface area (Å²) in [6.45, 7) is 1.56. The summed E-state index contributed by atoms with van der Waals surface area (Å²) < 4.78 is 5.74.